The normalized spacial score (nSPS) is 15.8. The number of hydrogen-bond acceptors (Lipinski definition) is 5. The Morgan fingerprint density at radius 3 is 2.35 bits per heavy atom. The fraction of sp³-hybridized carbons (Fsp3) is 0.444. The van der Waals surface area contributed by atoms with Crippen molar-refractivity contribution >= 4 is 21.9 Å². The average Bonchev–Trinajstić information content (AvgIpc) is 2.86. The number of piperidine rings is 1. The third kappa shape index (κ3) is 7.52. The molecular weight excluding hydrogens is 448 g/mol. The van der Waals surface area contributed by atoms with Crippen molar-refractivity contribution in [3.63, 3.8) is 0 Å². The van der Waals surface area contributed by atoms with Gasteiger partial charge < -0.3 is 9.64 Å². The Bertz CT molecular complexity index is 1050. The van der Waals surface area contributed by atoms with Crippen LogP contribution in [0.15, 0.2) is 54.6 Å². The number of sulfonamides is 1. The van der Waals surface area contributed by atoms with Crippen LogP contribution in [0.3, 0.4) is 0 Å². The lowest BCUT2D eigenvalue weighted by atomic mass is 10.1. The lowest BCUT2D eigenvalue weighted by Gasteiger charge is -2.36. The molecule has 0 saturated carbocycles. The fourth-order valence-corrected chi connectivity index (χ4v) is 5.15. The van der Waals surface area contributed by atoms with Crippen LogP contribution >= 0.6 is 0 Å². The number of likely N-dealkylation sites (tertiary alicyclic amines) is 1. The molecule has 2 aromatic rings. The minimum absolute atomic E-state index is 0.0343. The van der Waals surface area contributed by atoms with Crippen LogP contribution in [0, 0.1) is 6.92 Å². The van der Waals surface area contributed by atoms with Crippen LogP contribution in [0.4, 0.5) is 0 Å². The van der Waals surface area contributed by atoms with Crippen LogP contribution in [-0.2, 0) is 10.0 Å². The monoisotopic (exact) mass is 484 g/mol. The molecule has 0 aromatic heterocycles. The third-order valence-electron chi connectivity index (χ3n) is 6.41. The Labute approximate surface area is 204 Å². The van der Waals surface area contributed by atoms with Gasteiger partial charge in [-0.25, -0.2) is 12.7 Å². The molecule has 0 aliphatic carbocycles. The van der Waals surface area contributed by atoms with Crippen molar-refractivity contribution in [2.24, 2.45) is 0 Å². The van der Waals surface area contributed by atoms with E-state index in [4.69, 9.17) is 4.74 Å². The summed E-state index contributed by atoms with van der Waals surface area (Å²) < 4.78 is 31.5. The number of hydrogen-bond donors (Lipinski definition) is 0. The molecule has 1 heterocycles. The van der Waals surface area contributed by atoms with E-state index in [9.17, 15) is 13.2 Å². The number of allylic oxidation sites excluding steroid dienone is 1. The van der Waals surface area contributed by atoms with E-state index in [-0.39, 0.29) is 17.6 Å². The van der Waals surface area contributed by atoms with E-state index in [2.05, 4.69) is 4.90 Å². The summed E-state index contributed by atoms with van der Waals surface area (Å²) in [5, 5.41) is 0. The maximum Gasteiger partial charge on any atom is 0.213 e. The maximum atomic E-state index is 12.4. The SMILES string of the molecule is CCS(=O)(=O)N(C)C1CCN(CCCOc2ccc(C(=O)C=Cc3ccc(C)cc3)cc2)CC1. The minimum atomic E-state index is -3.12. The Balaban J connectivity index is 1.37. The Morgan fingerprint density at radius 1 is 1.09 bits per heavy atom. The standard InChI is InChI=1S/C27H36N2O4S/c1-4-34(31,32)28(3)25-16-19-29(20-17-25)18-5-21-33-26-13-11-24(12-14-26)27(30)15-10-23-8-6-22(2)7-9-23/h6-15,25H,4-5,16-21H2,1-3H3. The smallest absolute Gasteiger partial charge is 0.213 e. The second-order valence-corrected chi connectivity index (χ2v) is 11.1. The molecule has 0 N–H and O–H groups in total. The third-order valence-corrected chi connectivity index (χ3v) is 8.31. The minimum Gasteiger partial charge on any atom is -0.494 e. The summed E-state index contributed by atoms with van der Waals surface area (Å²) in [6.07, 6.45) is 6.05. The first-order chi connectivity index (χ1) is 16.3. The number of aryl methyl sites for hydroxylation is 1. The van der Waals surface area contributed by atoms with Crippen molar-refractivity contribution in [2.45, 2.75) is 39.2 Å². The van der Waals surface area contributed by atoms with Gasteiger partial charge in [-0.3, -0.25) is 4.79 Å². The Kier molecular flexibility index (Phi) is 9.45. The highest BCUT2D eigenvalue weighted by molar-refractivity contribution is 7.89. The summed E-state index contributed by atoms with van der Waals surface area (Å²) in [7, 11) is -1.42. The van der Waals surface area contributed by atoms with E-state index >= 15 is 0 Å². The van der Waals surface area contributed by atoms with E-state index in [0.717, 1.165) is 50.2 Å². The summed E-state index contributed by atoms with van der Waals surface area (Å²) in [5.41, 5.74) is 2.83. The lowest BCUT2D eigenvalue weighted by molar-refractivity contribution is 0.104. The summed E-state index contributed by atoms with van der Waals surface area (Å²) in [6.45, 7) is 7.06. The van der Waals surface area contributed by atoms with Gasteiger partial charge in [0.05, 0.1) is 12.4 Å². The van der Waals surface area contributed by atoms with Crippen molar-refractivity contribution in [2.75, 3.05) is 39.0 Å². The Hall–Kier alpha value is -2.48. The van der Waals surface area contributed by atoms with Gasteiger partial charge in [-0.05, 0) is 82.1 Å². The number of ether oxygens (including phenoxy) is 1. The molecule has 34 heavy (non-hydrogen) atoms. The first kappa shape index (κ1) is 26.1. The van der Waals surface area contributed by atoms with Gasteiger partial charge >= 0.3 is 0 Å². The highest BCUT2D eigenvalue weighted by atomic mass is 32.2. The quantitative estimate of drug-likeness (QED) is 0.269. The van der Waals surface area contributed by atoms with E-state index in [1.165, 1.54) is 5.56 Å². The molecule has 0 atom stereocenters. The number of benzene rings is 2. The lowest BCUT2D eigenvalue weighted by Crippen LogP contribution is -2.46. The second-order valence-electron chi connectivity index (χ2n) is 8.82. The number of ketones is 1. The summed E-state index contributed by atoms with van der Waals surface area (Å²) in [4.78, 5) is 14.8. The number of rotatable bonds is 11. The van der Waals surface area contributed by atoms with Crippen LogP contribution in [-0.4, -0.2) is 68.5 Å². The average molecular weight is 485 g/mol. The van der Waals surface area contributed by atoms with Gasteiger partial charge in [0.1, 0.15) is 5.75 Å². The van der Waals surface area contributed by atoms with Crippen LogP contribution in [0.1, 0.15) is 47.7 Å². The van der Waals surface area contributed by atoms with E-state index in [1.54, 1.807) is 36.5 Å². The van der Waals surface area contributed by atoms with Gasteiger partial charge in [-0.15, -0.1) is 0 Å². The first-order valence-corrected chi connectivity index (χ1v) is 13.6. The van der Waals surface area contributed by atoms with Crippen molar-refractivity contribution in [1.82, 2.24) is 9.21 Å². The largest absolute Gasteiger partial charge is 0.494 e. The van der Waals surface area contributed by atoms with E-state index < -0.39 is 10.0 Å². The number of carbonyl (C=O) groups is 1. The van der Waals surface area contributed by atoms with Crippen molar-refractivity contribution < 1.29 is 17.9 Å². The molecule has 0 unspecified atom stereocenters. The molecule has 7 heteroatoms. The molecule has 2 aromatic carbocycles. The van der Waals surface area contributed by atoms with Crippen molar-refractivity contribution in [3.8, 4) is 5.75 Å². The zero-order valence-corrected chi connectivity index (χ0v) is 21.3. The zero-order chi connectivity index (χ0) is 24.6. The molecule has 1 aliphatic rings. The predicted molar refractivity (Wildman–Crippen MR) is 138 cm³/mol. The molecule has 1 aliphatic heterocycles. The highest BCUT2D eigenvalue weighted by Gasteiger charge is 2.28. The molecule has 0 amide bonds. The van der Waals surface area contributed by atoms with Crippen LogP contribution in [0.5, 0.6) is 5.75 Å². The summed E-state index contributed by atoms with van der Waals surface area (Å²) in [5.74, 6) is 0.873. The summed E-state index contributed by atoms with van der Waals surface area (Å²) in [6, 6.07) is 15.4. The molecular formula is C27H36N2O4S. The number of nitrogens with zero attached hydrogens (tertiary/aromatic N) is 2. The zero-order valence-electron chi connectivity index (χ0n) is 20.4. The molecule has 184 valence electrons. The fourth-order valence-electron chi connectivity index (χ4n) is 4.08. The van der Waals surface area contributed by atoms with E-state index in [1.807, 2.05) is 49.4 Å². The topological polar surface area (TPSA) is 66.9 Å². The van der Waals surface area contributed by atoms with Crippen molar-refractivity contribution in [3.05, 3.63) is 71.3 Å². The van der Waals surface area contributed by atoms with E-state index in [0.29, 0.717) is 12.2 Å². The van der Waals surface area contributed by atoms with Gasteiger partial charge in [0, 0.05) is 25.2 Å². The van der Waals surface area contributed by atoms with Crippen molar-refractivity contribution in [1.29, 1.82) is 0 Å². The molecule has 0 bridgehead atoms. The second kappa shape index (κ2) is 12.3. The van der Waals surface area contributed by atoms with Gasteiger partial charge in [0.15, 0.2) is 5.78 Å². The maximum absolute atomic E-state index is 12.4. The Morgan fingerprint density at radius 2 is 1.74 bits per heavy atom. The van der Waals surface area contributed by atoms with Gasteiger partial charge in [-0.2, -0.15) is 0 Å². The van der Waals surface area contributed by atoms with Crippen LogP contribution in [0.25, 0.3) is 6.08 Å². The van der Waals surface area contributed by atoms with Crippen LogP contribution < -0.4 is 4.74 Å². The molecule has 1 saturated heterocycles. The molecule has 0 radical (unpaired) electrons. The molecule has 6 nitrogen and oxygen atoms in total. The van der Waals surface area contributed by atoms with Gasteiger partial charge in [0.2, 0.25) is 10.0 Å². The molecule has 3 rings (SSSR count). The highest BCUT2D eigenvalue weighted by Crippen LogP contribution is 2.19. The molecule has 0 spiro atoms. The molecule has 1 fully saturated rings. The van der Waals surface area contributed by atoms with Crippen LogP contribution in [0.2, 0.25) is 0 Å². The predicted octanol–water partition coefficient (Wildman–Crippen LogP) is 4.41. The van der Waals surface area contributed by atoms with Gasteiger partial charge in [-0.1, -0.05) is 35.9 Å². The first-order valence-electron chi connectivity index (χ1n) is 12.0. The summed E-state index contributed by atoms with van der Waals surface area (Å²) >= 11 is 0. The van der Waals surface area contributed by atoms with Gasteiger partial charge in [0.25, 0.3) is 0 Å². The number of carbonyl (C=O) groups excluding carboxylic acids is 1.